The number of aliphatic hydroxyl groups is 1. The molecule has 1 atom stereocenters. The number of ether oxygens (including phenoxy) is 1. The number of aromatic amines is 1. The molecule has 1 unspecified atom stereocenters. The highest BCUT2D eigenvalue weighted by Gasteiger charge is 2.44. The maximum absolute atomic E-state index is 9.69. The molecule has 1 fully saturated rings. The molecule has 1 aromatic heterocycles. The summed E-state index contributed by atoms with van der Waals surface area (Å²) >= 11 is 0. The quantitative estimate of drug-likeness (QED) is 0.728. The molecule has 1 aromatic rings. The van der Waals surface area contributed by atoms with Crippen LogP contribution in [0.5, 0.6) is 5.88 Å². The summed E-state index contributed by atoms with van der Waals surface area (Å²) in [5, 5.41) is 16.1. The molecule has 2 rings (SSSR count). The second-order valence-corrected chi connectivity index (χ2v) is 3.90. The largest absolute Gasteiger partial charge is 0.475 e. The first-order chi connectivity index (χ1) is 6.21. The first-order valence-electron chi connectivity index (χ1n) is 4.51. The van der Waals surface area contributed by atoms with Crippen LogP contribution in [0.15, 0.2) is 12.3 Å². The van der Waals surface area contributed by atoms with E-state index in [4.69, 9.17) is 4.74 Å². The summed E-state index contributed by atoms with van der Waals surface area (Å²) in [5.74, 6) is 0.614. The van der Waals surface area contributed by atoms with Gasteiger partial charge in [0.25, 0.3) is 0 Å². The Bertz CT molecular complexity index is 267. The summed E-state index contributed by atoms with van der Waals surface area (Å²) in [6.07, 6.45) is 3.46. The van der Waals surface area contributed by atoms with Crippen LogP contribution in [0.2, 0.25) is 0 Å². The van der Waals surface area contributed by atoms with Gasteiger partial charge in [0.2, 0.25) is 5.88 Å². The van der Waals surface area contributed by atoms with Crippen molar-refractivity contribution < 1.29 is 9.84 Å². The van der Waals surface area contributed by atoms with E-state index in [1.54, 1.807) is 12.3 Å². The Morgan fingerprint density at radius 2 is 2.54 bits per heavy atom. The maximum Gasteiger partial charge on any atom is 0.209 e. The summed E-state index contributed by atoms with van der Waals surface area (Å²) in [5.41, 5.74) is 0.0972. The van der Waals surface area contributed by atoms with Crippen LogP contribution in [0.4, 0.5) is 0 Å². The zero-order chi connectivity index (χ0) is 9.31. The molecule has 0 aromatic carbocycles. The van der Waals surface area contributed by atoms with Gasteiger partial charge in [-0.1, -0.05) is 6.92 Å². The van der Waals surface area contributed by atoms with Gasteiger partial charge in [-0.3, -0.25) is 0 Å². The third-order valence-electron chi connectivity index (χ3n) is 2.72. The summed E-state index contributed by atoms with van der Waals surface area (Å²) in [4.78, 5) is 0. The number of aliphatic hydroxyl groups excluding tert-OH is 1. The standard InChI is InChI=1S/C9H14N2O2/c1-9(3-4-9)7(12)6-13-8-2-5-10-11-8/h2,5,7,12H,3-4,6H2,1H3,(H,10,11). The SMILES string of the molecule is CC1(C(O)COc2ccn[nH]2)CC1. The molecule has 0 aliphatic heterocycles. The van der Waals surface area contributed by atoms with E-state index in [1.807, 2.05) is 0 Å². The zero-order valence-electron chi connectivity index (χ0n) is 7.66. The lowest BCUT2D eigenvalue weighted by molar-refractivity contribution is 0.0508. The van der Waals surface area contributed by atoms with Crippen LogP contribution in [0.25, 0.3) is 0 Å². The molecule has 0 radical (unpaired) electrons. The van der Waals surface area contributed by atoms with Gasteiger partial charge in [0.05, 0.1) is 12.3 Å². The predicted octanol–water partition coefficient (Wildman–Crippen LogP) is 0.949. The van der Waals surface area contributed by atoms with Crippen LogP contribution in [-0.2, 0) is 0 Å². The Balaban J connectivity index is 1.79. The highest BCUT2D eigenvalue weighted by Crippen LogP contribution is 2.48. The van der Waals surface area contributed by atoms with Crippen molar-refractivity contribution in [2.75, 3.05) is 6.61 Å². The lowest BCUT2D eigenvalue weighted by Gasteiger charge is -2.16. The Kier molecular flexibility index (Phi) is 2.00. The minimum Gasteiger partial charge on any atom is -0.475 e. The Hall–Kier alpha value is -1.03. The number of hydrogen-bond acceptors (Lipinski definition) is 3. The zero-order valence-corrected chi connectivity index (χ0v) is 7.66. The van der Waals surface area contributed by atoms with Crippen molar-refractivity contribution >= 4 is 0 Å². The van der Waals surface area contributed by atoms with Crippen LogP contribution in [-0.4, -0.2) is 28.0 Å². The molecular weight excluding hydrogens is 168 g/mol. The molecule has 1 aliphatic carbocycles. The van der Waals surface area contributed by atoms with Gasteiger partial charge in [-0.2, -0.15) is 5.10 Å². The van der Waals surface area contributed by atoms with E-state index in [0.29, 0.717) is 12.5 Å². The highest BCUT2D eigenvalue weighted by atomic mass is 16.5. The van der Waals surface area contributed by atoms with Gasteiger partial charge in [-0.15, -0.1) is 0 Å². The number of hydrogen-bond donors (Lipinski definition) is 2. The highest BCUT2D eigenvalue weighted by molar-refractivity contribution is 5.05. The Morgan fingerprint density at radius 3 is 3.08 bits per heavy atom. The minimum atomic E-state index is -0.365. The molecular formula is C9H14N2O2. The second kappa shape index (κ2) is 3.03. The predicted molar refractivity (Wildman–Crippen MR) is 47.4 cm³/mol. The van der Waals surface area contributed by atoms with Gasteiger partial charge in [0.15, 0.2) is 0 Å². The first-order valence-corrected chi connectivity index (χ1v) is 4.51. The molecule has 0 spiro atoms. The molecule has 13 heavy (non-hydrogen) atoms. The second-order valence-electron chi connectivity index (χ2n) is 3.90. The van der Waals surface area contributed by atoms with Crippen molar-refractivity contribution in [3.8, 4) is 5.88 Å². The van der Waals surface area contributed by atoms with Gasteiger partial charge in [0.1, 0.15) is 6.61 Å². The third kappa shape index (κ3) is 1.83. The third-order valence-corrected chi connectivity index (χ3v) is 2.72. The molecule has 1 saturated carbocycles. The molecule has 72 valence electrons. The normalized spacial score (nSPS) is 21.1. The summed E-state index contributed by atoms with van der Waals surface area (Å²) in [6, 6.07) is 1.74. The number of nitrogens with zero attached hydrogens (tertiary/aromatic N) is 1. The smallest absolute Gasteiger partial charge is 0.209 e. The summed E-state index contributed by atoms with van der Waals surface area (Å²) < 4.78 is 5.31. The van der Waals surface area contributed by atoms with Crippen molar-refractivity contribution in [3.63, 3.8) is 0 Å². The fraction of sp³-hybridized carbons (Fsp3) is 0.667. The van der Waals surface area contributed by atoms with E-state index < -0.39 is 0 Å². The van der Waals surface area contributed by atoms with Crippen molar-refractivity contribution in [3.05, 3.63) is 12.3 Å². The van der Waals surface area contributed by atoms with Crippen LogP contribution >= 0.6 is 0 Å². The van der Waals surface area contributed by atoms with Gasteiger partial charge in [0, 0.05) is 6.07 Å². The van der Waals surface area contributed by atoms with Crippen LogP contribution in [0.3, 0.4) is 0 Å². The van der Waals surface area contributed by atoms with Crippen molar-refractivity contribution in [1.29, 1.82) is 0 Å². The maximum atomic E-state index is 9.69. The molecule has 1 aliphatic rings. The first kappa shape index (κ1) is 8.56. The fourth-order valence-corrected chi connectivity index (χ4v) is 1.22. The molecule has 0 saturated heterocycles. The van der Waals surface area contributed by atoms with Gasteiger partial charge >= 0.3 is 0 Å². The number of H-pyrrole nitrogens is 1. The molecule has 2 N–H and O–H groups in total. The Labute approximate surface area is 76.9 Å². The molecule has 0 amide bonds. The lowest BCUT2D eigenvalue weighted by atomic mass is 10.0. The topological polar surface area (TPSA) is 58.1 Å². The average Bonchev–Trinajstić information content (AvgIpc) is 2.70. The van der Waals surface area contributed by atoms with Gasteiger partial charge in [-0.05, 0) is 18.3 Å². The van der Waals surface area contributed by atoms with E-state index >= 15 is 0 Å². The molecule has 1 heterocycles. The number of rotatable bonds is 4. The summed E-state index contributed by atoms with van der Waals surface area (Å²) in [7, 11) is 0. The van der Waals surface area contributed by atoms with Gasteiger partial charge in [-0.25, -0.2) is 5.10 Å². The lowest BCUT2D eigenvalue weighted by Crippen LogP contribution is -2.26. The molecule has 4 nitrogen and oxygen atoms in total. The molecule has 4 heteroatoms. The average molecular weight is 182 g/mol. The monoisotopic (exact) mass is 182 g/mol. The van der Waals surface area contributed by atoms with Crippen LogP contribution in [0, 0.1) is 5.41 Å². The number of aromatic nitrogens is 2. The van der Waals surface area contributed by atoms with E-state index in [9.17, 15) is 5.11 Å². The van der Waals surface area contributed by atoms with Crippen LogP contribution < -0.4 is 4.74 Å². The van der Waals surface area contributed by atoms with E-state index in [1.165, 1.54) is 0 Å². The Morgan fingerprint density at radius 1 is 1.77 bits per heavy atom. The van der Waals surface area contributed by atoms with Gasteiger partial charge < -0.3 is 9.84 Å². The van der Waals surface area contributed by atoms with Crippen molar-refractivity contribution in [1.82, 2.24) is 10.2 Å². The number of nitrogens with one attached hydrogen (secondary N) is 1. The van der Waals surface area contributed by atoms with Crippen LogP contribution in [0.1, 0.15) is 19.8 Å². The summed E-state index contributed by atoms with van der Waals surface area (Å²) in [6.45, 7) is 2.42. The molecule has 0 bridgehead atoms. The van der Waals surface area contributed by atoms with Crippen molar-refractivity contribution in [2.24, 2.45) is 5.41 Å². The van der Waals surface area contributed by atoms with E-state index in [-0.39, 0.29) is 11.5 Å². The fourth-order valence-electron chi connectivity index (χ4n) is 1.22. The van der Waals surface area contributed by atoms with E-state index in [2.05, 4.69) is 17.1 Å². The van der Waals surface area contributed by atoms with Crippen molar-refractivity contribution in [2.45, 2.75) is 25.9 Å². The van der Waals surface area contributed by atoms with E-state index in [0.717, 1.165) is 12.8 Å². The minimum absolute atomic E-state index is 0.0972.